The average Bonchev–Trinajstić information content (AvgIpc) is 3.55. The highest BCUT2D eigenvalue weighted by Gasteiger charge is 2.31. The standard InChI is InChI=1S/C26H30FN5O3/c1-15-22(14-20-19-13-18(27)5-6-21(19)29-25(20)34)28-16(2)23(15)30-24(33)17-7-11-32(12-8-17)26(35)31-9-3-4-10-31/h5-6,13-14,17,28H,3-4,7-12H2,1-2H3,(H,29,34)(H,30,33)/b20-14-. The van der Waals surface area contributed by atoms with Crippen LogP contribution in [-0.2, 0) is 9.59 Å². The molecule has 0 saturated carbocycles. The summed E-state index contributed by atoms with van der Waals surface area (Å²) in [5.41, 5.74) is 4.43. The summed E-state index contributed by atoms with van der Waals surface area (Å²) in [7, 11) is 0. The van der Waals surface area contributed by atoms with Crippen LogP contribution in [0, 0.1) is 25.6 Å². The van der Waals surface area contributed by atoms with Gasteiger partial charge in [-0.25, -0.2) is 9.18 Å². The van der Waals surface area contributed by atoms with Gasteiger partial charge >= 0.3 is 6.03 Å². The molecular formula is C26H30FN5O3. The predicted molar refractivity (Wildman–Crippen MR) is 132 cm³/mol. The third kappa shape index (κ3) is 4.42. The molecule has 35 heavy (non-hydrogen) atoms. The molecule has 5 rings (SSSR count). The van der Waals surface area contributed by atoms with E-state index in [1.165, 1.54) is 12.1 Å². The fourth-order valence-electron chi connectivity index (χ4n) is 5.22. The van der Waals surface area contributed by atoms with Crippen molar-refractivity contribution in [1.82, 2.24) is 14.8 Å². The number of aryl methyl sites for hydroxylation is 1. The van der Waals surface area contributed by atoms with Crippen LogP contribution in [0.5, 0.6) is 0 Å². The summed E-state index contributed by atoms with van der Waals surface area (Å²) in [5.74, 6) is -0.929. The van der Waals surface area contributed by atoms with Gasteiger partial charge < -0.3 is 25.4 Å². The molecule has 4 amide bonds. The number of aromatic nitrogens is 1. The number of urea groups is 1. The minimum absolute atomic E-state index is 0.0614. The number of hydrogen-bond acceptors (Lipinski definition) is 3. The zero-order chi connectivity index (χ0) is 24.7. The minimum Gasteiger partial charge on any atom is -0.357 e. The van der Waals surface area contributed by atoms with Crippen molar-refractivity contribution in [3.63, 3.8) is 0 Å². The number of carbonyl (C=O) groups excluding carboxylic acids is 3. The first-order valence-electron chi connectivity index (χ1n) is 12.2. The number of H-pyrrole nitrogens is 1. The average molecular weight is 480 g/mol. The Morgan fingerprint density at radius 3 is 2.49 bits per heavy atom. The molecule has 3 aliphatic rings. The Labute approximate surface area is 203 Å². The van der Waals surface area contributed by atoms with E-state index in [2.05, 4.69) is 15.6 Å². The Morgan fingerprint density at radius 2 is 1.77 bits per heavy atom. The van der Waals surface area contributed by atoms with Gasteiger partial charge in [-0.05, 0) is 69.4 Å². The zero-order valence-electron chi connectivity index (χ0n) is 20.0. The highest BCUT2D eigenvalue weighted by Crippen LogP contribution is 2.35. The van der Waals surface area contributed by atoms with Gasteiger partial charge in [-0.2, -0.15) is 0 Å². The van der Waals surface area contributed by atoms with Crippen LogP contribution >= 0.6 is 0 Å². The number of likely N-dealkylation sites (tertiary alicyclic amines) is 2. The normalized spacial score (nSPS) is 19.3. The molecule has 0 atom stereocenters. The van der Waals surface area contributed by atoms with Gasteiger partial charge in [-0.3, -0.25) is 9.59 Å². The molecule has 2 saturated heterocycles. The number of benzene rings is 1. The smallest absolute Gasteiger partial charge is 0.319 e. The number of carbonyl (C=O) groups is 3. The Kier molecular flexibility index (Phi) is 6.08. The van der Waals surface area contributed by atoms with Crippen LogP contribution < -0.4 is 10.6 Å². The summed E-state index contributed by atoms with van der Waals surface area (Å²) in [6.07, 6.45) is 5.08. The van der Waals surface area contributed by atoms with Crippen molar-refractivity contribution >= 4 is 40.9 Å². The Morgan fingerprint density at radius 1 is 1.09 bits per heavy atom. The van der Waals surface area contributed by atoms with Crippen LogP contribution in [0.3, 0.4) is 0 Å². The SMILES string of the molecule is Cc1[nH]c(/C=C2\C(=O)Nc3ccc(F)cc32)c(C)c1NC(=O)C1CCN(C(=O)N2CCCC2)CC1. The van der Waals surface area contributed by atoms with Crippen molar-refractivity contribution < 1.29 is 18.8 Å². The molecule has 0 bridgehead atoms. The summed E-state index contributed by atoms with van der Waals surface area (Å²) < 4.78 is 13.8. The summed E-state index contributed by atoms with van der Waals surface area (Å²) in [4.78, 5) is 45.1. The van der Waals surface area contributed by atoms with E-state index >= 15 is 0 Å². The second kappa shape index (κ2) is 9.20. The minimum atomic E-state index is -0.410. The first-order valence-corrected chi connectivity index (χ1v) is 12.2. The van der Waals surface area contributed by atoms with E-state index < -0.39 is 5.82 Å². The van der Waals surface area contributed by atoms with Gasteiger partial charge in [0.25, 0.3) is 5.91 Å². The van der Waals surface area contributed by atoms with E-state index in [1.807, 2.05) is 23.6 Å². The molecule has 1 aromatic carbocycles. The quantitative estimate of drug-likeness (QED) is 0.578. The zero-order valence-corrected chi connectivity index (χ0v) is 20.0. The van der Waals surface area contributed by atoms with Crippen LogP contribution in [0.1, 0.15) is 48.2 Å². The number of amides is 4. The lowest BCUT2D eigenvalue weighted by Gasteiger charge is -2.34. The van der Waals surface area contributed by atoms with Crippen LogP contribution in [0.4, 0.5) is 20.6 Å². The van der Waals surface area contributed by atoms with Gasteiger partial charge in [0.1, 0.15) is 5.82 Å². The van der Waals surface area contributed by atoms with Gasteiger partial charge in [-0.1, -0.05) is 0 Å². The monoisotopic (exact) mass is 479 g/mol. The predicted octanol–water partition coefficient (Wildman–Crippen LogP) is 4.13. The molecule has 0 unspecified atom stereocenters. The number of piperidine rings is 1. The molecule has 3 N–H and O–H groups in total. The molecule has 8 nitrogen and oxygen atoms in total. The maximum atomic E-state index is 13.8. The first kappa shape index (κ1) is 23.1. The van der Waals surface area contributed by atoms with E-state index in [0.29, 0.717) is 54.1 Å². The lowest BCUT2D eigenvalue weighted by molar-refractivity contribution is -0.121. The molecule has 0 radical (unpaired) electrons. The molecule has 2 aromatic rings. The number of aromatic amines is 1. The van der Waals surface area contributed by atoms with Crippen LogP contribution in [-0.4, -0.2) is 58.8 Å². The summed E-state index contributed by atoms with van der Waals surface area (Å²) in [6, 6.07) is 4.29. The van der Waals surface area contributed by atoms with Gasteiger partial charge in [0.05, 0.1) is 11.3 Å². The van der Waals surface area contributed by atoms with Gasteiger partial charge in [-0.15, -0.1) is 0 Å². The fraction of sp³-hybridized carbons (Fsp3) is 0.423. The number of fused-ring (bicyclic) bond motifs is 1. The topological polar surface area (TPSA) is 97.5 Å². The number of nitrogens with one attached hydrogen (secondary N) is 3. The van der Waals surface area contributed by atoms with Crippen molar-refractivity contribution in [2.45, 2.75) is 39.5 Å². The van der Waals surface area contributed by atoms with Crippen LogP contribution in [0.2, 0.25) is 0 Å². The summed E-state index contributed by atoms with van der Waals surface area (Å²) in [5, 5.41) is 5.81. The molecular weight excluding hydrogens is 449 g/mol. The van der Waals surface area contributed by atoms with Crippen molar-refractivity contribution in [3.8, 4) is 0 Å². The molecule has 1 aromatic heterocycles. The third-order valence-electron chi connectivity index (χ3n) is 7.29. The highest BCUT2D eigenvalue weighted by molar-refractivity contribution is 6.34. The van der Waals surface area contributed by atoms with Gasteiger partial charge in [0, 0.05) is 54.7 Å². The van der Waals surface area contributed by atoms with E-state index in [4.69, 9.17) is 0 Å². The van der Waals surface area contributed by atoms with E-state index in [9.17, 15) is 18.8 Å². The summed E-state index contributed by atoms with van der Waals surface area (Å²) in [6.45, 7) is 6.56. The van der Waals surface area contributed by atoms with Crippen molar-refractivity contribution in [1.29, 1.82) is 0 Å². The van der Waals surface area contributed by atoms with Gasteiger partial charge in [0.2, 0.25) is 5.91 Å². The lowest BCUT2D eigenvalue weighted by Crippen LogP contribution is -2.47. The first-order chi connectivity index (χ1) is 16.8. The lowest BCUT2D eigenvalue weighted by atomic mass is 9.96. The highest BCUT2D eigenvalue weighted by atomic mass is 19.1. The molecule has 0 spiro atoms. The van der Waals surface area contributed by atoms with E-state index in [0.717, 1.165) is 37.2 Å². The summed E-state index contributed by atoms with van der Waals surface area (Å²) >= 11 is 0. The van der Waals surface area contributed by atoms with Crippen molar-refractivity contribution in [3.05, 3.63) is 46.5 Å². The van der Waals surface area contributed by atoms with Crippen molar-refractivity contribution in [2.75, 3.05) is 36.8 Å². The molecule has 4 heterocycles. The Hall–Kier alpha value is -3.62. The number of halogens is 1. The van der Waals surface area contributed by atoms with Crippen LogP contribution in [0.15, 0.2) is 18.2 Å². The molecule has 9 heteroatoms. The molecule has 2 fully saturated rings. The number of anilines is 2. The molecule has 184 valence electrons. The number of rotatable bonds is 3. The number of nitrogens with zero attached hydrogens (tertiary/aromatic N) is 2. The maximum Gasteiger partial charge on any atom is 0.319 e. The Balaban J connectivity index is 1.27. The largest absolute Gasteiger partial charge is 0.357 e. The van der Waals surface area contributed by atoms with Gasteiger partial charge in [0.15, 0.2) is 0 Å². The molecule has 0 aliphatic carbocycles. The van der Waals surface area contributed by atoms with Crippen molar-refractivity contribution in [2.24, 2.45) is 5.92 Å². The van der Waals surface area contributed by atoms with E-state index in [-0.39, 0.29) is 23.8 Å². The third-order valence-corrected chi connectivity index (χ3v) is 7.29. The number of hydrogen-bond donors (Lipinski definition) is 3. The second-order valence-electron chi connectivity index (χ2n) is 9.59. The van der Waals surface area contributed by atoms with Crippen LogP contribution in [0.25, 0.3) is 11.6 Å². The fourth-order valence-corrected chi connectivity index (χ4v) is 5.22. The second-order valence-corrected chi connectivity index (χ2v) is 9.59. The Bertz CT molecular complexity index is 1220. The maximum absolute atomic E-state index is 13.8. The molecule has 3 aliphatic heterocycles. The van der Waals surface area contributed by atoms with E-state index in [1.54, 1.807) is 12.1 Å².